The Morgan fingerprint density at radius 1 is 1.64 bits per heavy atom. The third-order valence-electron chi connectivity index (χ3n) is 2.40. The summed E-state index contributed by atoms with van der Waals surface area (Å²) in [5.74, 6) is 0.206. The Balaban J connectivity index is 2.27. The minimum atomic E-state index is 0.0705. The number of halogens is 1. The fourth-order valence-electron chi connectivity index (χ4n) is 1.26. The molecule has 1 amide bonds. The third kappa shape index (κ3) is 3.58. The molecular formula is C10H18BrNO2. The van der Waals surface area contributed by atoms with Gasteiger partial charge in [-0.2, -0.15) is 0 Å². The summed E-state index contributed by atoms with van der Waals surface area (Å²) in [5, 5.41) is 3.86. The van der Waals surface area contributed by atoms with Gasteiger partial charge in [-0.25, -0.2) is 0 Å². The largest absolute Gasteiger partial charge is 0.381 e. The molecule has 1 aliphatic rings. The molecule has 1 saturated heterocycles. The maximum atomic E-state index is 11.6. The number of hydrogen-bond donors (Lipinski definition) is 1. The van der Waals surface area contributed by atoms with Crippen LogP contribution in [0.1, 0.15) is 20.3 Å². The van der Waals surface area contributed by atoms with E-state index in [2.05, 4.69) is 35.1 Å². The summed E-state index contributed by atoms with van der Waals surface area (Å²) >= 11 is 3.43. The molecule has 1 N–H and O–H groups in total. The van der Waals surface area contributed by atoms with Crippen LogP contribution in [0.3, 0.4) is 0 Å². The Bertz CT molecular complexity index is 200. The lowest BCUT2D eigenvalue weighted by Gasteiger charge is -2.22. The van der Waals surface area contributed by atoms with Crippen LogP contribution in [0.4, 0.5) is 0 Å². The molecule has 0 radical (unpaired) electrons. The van der Waals surface area contributed by atoms with Crippen molar-refractivity contribution in [2.24, 2.45) is 11.3 Å². The van der Waals surface area contributed by atoms with Crippen LogP contribution in [0.5, 0.6) is 0 Å². The molecule has 0 spiro atoms. The molecule has 1 unspecified atom stereocenters. The third-order valence-corrected chi connectivity index (χ3v) is 3.92. The molecule has 0 saturated carbocycles. The predicted molar refractivity (Wildman–Crippen MR) is 59.5 cm³/mol. The summed E-state index contributed by atoms with van der Waals surface area (Å²) in [5.41, 5.74) is 0.120. The van der Waals surface area contributed by atoms with E-state index in [-0.39, 0.29) is 17.2 Å². The Hall–Kier alpha value is -0.0900. The van der Waals surface area contributed by atoms with Crippen LogP contribution in [0.15, 0.2) is 0 Å². The average Bonchev–Trinajstić information content (AvgIpc) is 2.67. The Morgan fingerprint density at radius 3 is 2.86 bits per heavy atom. The first kappa shape index (κ1) is 12.0. The molecule has 0 aromatic rings. The molecule has 14 heavy (non-hydrogen) atoms. The van der Waals surface area contributed by atoms with Gasteiger partial charge in [0.1, 0.15) is 0 Å². The van der Waals surface area contributed by atoms with E-state index in [1.54, 1.807) is 0 Å². The van der Waals surface area contributed by atoms with Gasteiger partial charge in [-0.1, -0.05) is 29.8 Å². The average molecular weight is 264 g/mol. The van der Waals surface area contributed by atoms with Crippen LogP contribution in [0.2, 0.25) is 0 Å². The van der Waals surface area contributed by atoms with Crippen LogP contribution in [0.25, 0.3) is 0 Å². The van der Waals surface area contributed by atoms with Gasteiger partial charge < -0.3 is 10.1 Å². The van der Waals surface area contributed by atoms with Crippen molar-refractivity contribution >= 4 is 21.8 Å². The highest BCUT2D eigenvalue weighted by atomic mass is 79.9. The van der Waals surface area contributed by atoms with E-state index < -0.39 is 0 Å². The molecule has 82 valence electrons. The quantitative estimate of drug-likeness (QED) is 0.782. The van der Waals surface area contributed by atoms with Crippen molar-refractivity contribution < 1.29 is 9.53 Å². The molecule has 1 fully saturated rings. The molecule has 1 atom stereocenters. The molecule has 0 aliphatic carbocycles. The first-order valence-electron chi connectivity index (χ1n) is 4.96. The molecule has 0 aromatic heterocycles. The van der Waals surface area contributed by atoms with E-state index in [1.807, 2.05) is 0 Å². The van der Waals surface area contributed by atoms with Gasteiger partial charge in [0.15, 0.2) is 0 Å². The predicted octanol–water partition coefficient (Wildman–Crippen LogP) is 1.56. The molecule has 0 aromatic carbocycles. The van der Waals surface area contributed by atoms with Gasteiger partial charge in [-0.15, -0.1) is 0 Å². The van der Waals surface area contributed by atoms with E-state index in [1.165, 1.54) is 0 Å². The Labute approximate surface area is 93.7 Å². The molecule has 1 heterocycles. The number of carbonyl (C=O) groups is 1. The molecule has 0 bridgehead atoms. The first-order chi connectivity index (χ1) is 6.55. The van der Waals surface area contributed by atoms with Gasteiger partial charge in [0, 0.05) is 18.5 Å². The van der Waals surface area contributed by atoms with E-state index in [4.69, 9.17) is 4.74 Å². The molecule has 1 rings (SSSR count). The van der Waals surface area contributed by atoms with E-state index >= 15 is 0 Å². The van der Waals surface area contributed by atoms with Crippen LogP contribution in [-0.2, 0) is 9.53 Å². The van der Waals surface area contributed by atoms with Gasteiger partial charge in [0.25, 0.3) is 0 Å². The highest BCUT2D eigenvalue weighted by Gasteiger charge is 2.25. The fourth-order valence-corrected chi connectivity index (χ4v) is 1.46. The standard InChI is InChI=1S/C10H18BrNO2/c1-10(2,6-11)7-12-9(13)8-3-4-14-5-8/h8H,3-7H2,1-2H3,(H,12,13). The second kappa shape index (κ2) is 5.12. The summed E-state index contributed by atoms with van der Waals surface area (Å²) in [6, 6.07) is 0. The van der Waals surface area contributed by atoms with E-state index in [0.29, 0.717) is 13.2 Å². The zero-order valence-corrected chi connectivity index (χ0v) is 10.4. The van der Waals surface area contributed by atoms with Crippen molar-refractivity contribution in [1.82, 2.24) is 5.32 Å². The zero-order chi connectivity index (χ0) is 10.6. The van der Waals surface area contributed by atoms with Crippen LogP contribution in [-0.4, -0.2) is 31.0 Å². The van der Waals surface area contributed by atoms with Crippen molar-refractivity contribution in [3.05, 3.63) is 0 Å². The van der Waals surface area contributed by atoms with Crippen LogP contribution >= 0.6 is 15.9 Å². The molecular weight excluding hydrogens is 246 g/mol. The van der Waals surface area contributed by atoms with E-state index in [9.17, 15) is 4.79 Å². The lowest BCUT2D eigenvalue weighted by molar-refractivity contribution is -0.125. The lowest BCUT2D eigenvalue weighted by atomic mass is 9.96. The van der Waals surface area contributed by atoms with Crippen LogP contribution < -0.4 is 5.32 Å². The van der Waals surface area contributed by atoms with Gasteiger partial charge >= 0.3 is 0 Å². The number of amides is 1. The first-order valence-corrected chi connectivity index (χ1v) is 6.09. The highest BCUT2D eigenvalue weighted by molar-refractivity contribution is 9.09. The normalized spacial score (nSPS) is 22.4. The topological polar surface area (TPSA) is 38.3 Å². The lowest BCUT2D eigenvalue weighted by Crippen LogP contribution is -2.38. The smallest absolute Gasteiger partial charge is 0.225 e. The second-order valence-electron chi connectivity index (χ2n) is 4.58. The number of rotatable bonds is 4. The fraction of sp³-hybridized carbons (Fsp3) is 0.900. The molecule has 3 nitrogen and oxygen atoms in total. The number of alkyl halides is 1. The van der Waals surface area contributed by atoms with Crippen LogP contribution in [0, 0.1) is 11.3 Å². The Kier molecular flexibility index (Phi) is 4.38. The van der Waals surface area contributed by atoms with Crippen molar-refractivity contribution in [3.8, 4) is 0 Å². The van der Waals surface area contributed by atoms with Crippen molar-refractivity contribution in [3.63, 3.8) is 0 Å². The summed E-state index contributed by atoms with van der Waals surface area (Å²) in [4.78, 5) is 11.6. The van der Waals surface area contributed by atoms with Gasteiger partial charge in [0.05, 0.1) is 12.5 Å². The summed E-state index contributed by atoms with van der Waals surface area (Å²) in [7, 11) is 0. The number of hydrogen-bond acceptors (Lipinski definition) is 2. The number of carbonyl (C=O) groups excluding carboxylic acids is 1. The summed E-state index contributed by atoms with van der Waals surface area (Å²) < 4.78 is 5.17. The maximum absolute atomic E-state index is 11.6. The monoisotopic (exact) mass is 263 g/mol. The molecule has 4 heteroatoms. The minimum Gasteiger partial charge on any atom is -0.381 e. The zero-order valence-electron chi connectivity index (χ0n) is 8.81. The van der Waals surface area contributed by atoms with E-state index in [0.717, 1.165) is 18.4 Å². The van der Waals surface area contributed by atoms with Gasteiger partial charge in [-0.3, -0.25) is 4.79 Å². The maximum Gasteiger partial charge on any atom is 0.225 e. The summed E-state index contributed by atoms with van der Waals surface area (Å²) in [6.07, 6.45) is 0.862. The van der Waals surface area contributed by atoms with Gasteiger partial charge in [0.2, 0.25) is 5.91 Å². The number of ether oxygens (including phenoxy) is 1. The van der Waals surface area contributed by atoms with Crippen molar-refractivity contribution in [2.45, 2.75) is 20.3 Å². The Morgan fingerprint density at radius 2 is 2.36 bits per heavy atom. The number of nitrogens with one attached hydrogen (secondary N) is 1. The molecule has 1 aliphatic heterocycles. The van der Waals surface area contributed by atoms with Gasteiger partial charge in [-0.05, 0) is 11.8 Å². The second-order valence-corrected chi connectivity index (χ2v) is 5.14. The van der Waals surface area contributed by atoms with Crippen molar-refractivity contribution in [1.29, 1.82) is 0 Å². The highest BCUT2D eigenvalue weighted by Crippen LogP contribution is 2.17. The minimum absolute atomic E-state index is 0.0705. The summed E-state index contributed by atoms with van der Waals surface area (Å²) in [6.45, 7) is 6.26. The van der Waals surface area contributed by atoms with Crippen molar-refractivity contribution in [2.75, 3.05) is 25.1 Å². The SMILES string of the molecule is CC(C)(CBr)CNC(=O)C1CCOC1.